The molecular weight excluding hydrogens is 386 g/mol. The van der Waals surface area contributed by atoms with Crippen LogP contribution < -0.4 is 9.47 Å². The van der Waals surface area contributed by atoms with Crippen molar-refractivity contribution in [3.8, 4) is 11.5 Å². The highest BCUT2D eigenvalue weighted by Gasteiger charge is 2.36. The third-order valence-corrected chi connectivity index (χ3v) is 6.48. The number of carbonyl (C=O) groups excluding carboxylic acids is 2. The zero-order chi connectivity index (χ0) is 20.7. The van der Waals surface area contributed by atoms with Crippen molar-refractivity contribution in [3.63, 3.8) is 0 Å². The van der Waals surface area contributed by atoms with Crippen LogP contribution in [0.25, 0.3) is 0 Å². The Balaban J connectivity index is 1.86. The lowest BCUT2D eigenvalue weighted by Gasteiger charge is -2.33. The van der Waals surface area contributed by atoms with E-state index >= 15 is 0 Å². The van der Waals surface area contributed by atoms with Gasteiger partial charge in [-0.1, -0.05) is 6.92 Å². The highest BCUT2D eigenvalue weighted by atomic mass is 32.2. The SMILES string of the molecule is CC[C@H](C)N(C(=O)COC(=O)COc1ccc(OC)cc1)[C@H]1CCS(=O)(=O)C1. The first kappa shape index (κ1) is 22.0. The summed E-state index contributed by atoms with van der Waals surface area (Å²) in [6, 6.07) is 6.19. The molecule has 1 aromatic carbocycles. The average Bonchev–Trinajstić information content (AvgIpc) is 3.04. The predicted octanol–water partition coefficient (Wildman–Crippen LogP) is 1.43. The van der Waals surface area contributed by atoms with Gasteiger partial charge in [0.2, 0.25) is 0 Å². The maximum Gasteiger partial charge on any atom is 0.344 e. The molecule has 1 amide bonds. The van der Waals surface area contributed by atoms with Crippen LogP contribution in [0.4, 0.5) is 0 Å². The molecule has 1 fully saturated rings. The molecule has 0 saturated carbocycles. The molecular formula is C19H27NO7S. The maximum atomic E-state index is 12.6. The van der Waals surface area contributed by atoms with Crippen molar-refractivity contribution in [2.24, 2.45) is 0 Å². The third kappa shape index (κ3) is 6.12. The smallest absolute Gasteiger partial charge is 0.344 e. The molecule has 0 aliphatic carbocycles. The number of esters is 1. The summed E-state index contributed by atoms with van der Waals surface area (Å²) in [5.74, 6) is 0.105. The van der Waals surface area contributed by atoms with Crippen molar-refractivity contribution in [2.75, 3.05) is 31.8 Å². The Bertz CT molecular complexity index is 776. The summed E-state index contributed by atoms with van der Waals surface area (Å²) in [7, 11) is -1.57. The second-order valence-electron chi connectivity index (χ2n) is 6.74. The number of rotatable bonds is 9. The van der Waals surface area contributed by atoms with Gasteiger partial charge in [0.05, 0.1) is 18.6 Å². The summed E-state index contributed by atoms with van der Waals surface area (Å²) < 4.78 is 38.9. The van der Waals surface area contributed by atoms with Crippen LogP contribution in [0.15, 0.2) is 24.3 Å². The van der Waals surface area contributed by atoms with E-state index < -0.39 is 28.3 Å². The molecule has 2 atom stereocenters. The number of sulfone groups is 1. The fourth-order valence-corrected chi connectivity index (χ4v) is 4.78. The first-order chi connectivity index (χ1) is 13.3. The van der Waals surface area contributed by atoms with Crippen LogP contribution in [-0.4, -0.2) is 69.1 Å². The minimum absolute atomic E-state index is 0.0440. The number of carbonyl (C=O) groups is 2. The maximum absolute atomic E-state index is 12.6. The Kier molecular flexibility index (Phi) is 7.68. The van der Waals surface area contributed by atoms with Crippen molar-refractivity contribution in [1.29, 1.82) is 0 Å². The minimum Gasteiger partial charge on any atom is -0.497 e. The van der Waals surface area contributed by atoms with E-state index in [1.807, 2.05) is 13.8 Å². The molecule has 2 rings (SSSR count). The third-order valence-electron chi connectivity index (χ3n) is 4.73. The fraction of sp³-hybridized carbons (Fsp3) is 0.579. The topological polar surface area (TPSA) is 99.2 Å². The molecule has 1 saturated heterocycles. The van der Waals surface area contributed by atoms with Gasteiger partial charge in [-0.2, -0.15) is 0 Å². The predicted molar refractivity (Wildman–Crippen MR) is 103 cm³/mol. The van der Waals surface area contributed by atoms with E-state index in [0.29, 0.717) is 24.3 Å². The van der Waals surface area contributed by atoms with Gasteiger partial charge in [0.15, 0.2) is 23.1 Å². The molecule has 1 aliphatic heterocycles. The molecule has 0 spiro atoms. The van der Waals surface area contributed by atoms with Crippen LogP contribution in [0.5, 0.6) is 11.5 Å². The largest absolute Gasteiger partial charge is 0.497 e. The highest BCUT2D eigenvalue weighted by Crippen LogP contribution is 2.21. The number of benzene rings is 1. The van der Waals surface area contributed by atoms with E-state index in [0.717, 1.165) is 0 Å². The van der Waals surface area contributed by atoms with Crippen molar-refractivity contribution in [2.45, 2.75) is 38.8 Å². The molecule has 0 aromatic heterocycles. The van der Waals surface area contributed by atoms with Crippen LogP contribution >= 0.6 is 0 Å². The molecule has 1 heterocycles. The Hall–Kier alpha value is -2.29. The van der Waals surface area contributed by atoms with E-state index in [1.165, 1.54) is 0 Å². The van der Waals surface area contributed by atoms with Gasteiger partial charge in [-0.15, -0.1) is 0 Å². The summed E-state index contributed by atoms with van der Waals surface area (Å²) in [4.78, 5) is 26.0. The second kappa shape index (κ2) is 9.77. The van der Waals surface area contributed by atoms with E-state index in [9.17, 15) is 18.0 Å². The van der Waals surface area contributed by atoms with Gasteiger partial charge >= 0.3 is 5.97 Å². The van der Waals surface area contributed by atoms with Crippen molar-refractivity contribution >= 4 is 21.7 Å². The summed E-state index contributed by atoms with van der Waals surface area (Å²) in [6.07, 6.45) is 1.09. The van der Waals surface area contributed by atoms with Gasteiger partial charge in [-0.05, 0) is 44.0 Å². The number of nitrogens with zero attached hydrogens (tertiary/aromatic N) is 1. The van der Waals surface area contributed by atoms with Crippen LogP contribution in [0, 0.1) is 0 Å². The molecule has 8 nitrogen and oxygen atoms in total. The lowest BCUT2D eigenvalue weighted by molar-refractivity contribution is -0.155. The molecule has 0 radical (unpaired) electrons. The average molecular weight is 413 g/mol. The standard InChI is InChI=1S/C19H27NO7S/c1-4-14(2)20(15-9-10-28(23,24)13-15)18(21)11-27-19(22)12-26-17-7-5-16(25-3)6-8-17/h5-8,14-15H,4,9-13H2,1-3H3/t14-,15-/m0/s1. The lowest BCUT2D eigenvalue weighted by Crippen LogP contribution is -2.48. The van der Waals surface area contributed by atoms with Gasteiger partial charge in [-0.25, -0.2) is 13.2 Å². The van der Waals surface area contributed by atoms with Crippen LogP contribution in [0.2, 0.25) is 0 Å². The Morgan fingerprint density at radius 2 is 1.82 bits per heavy atom. The van der Waals surface area contributed by atoms with Gasteiger partial charge < -0.3 is 19.1 Å². The van der Waals surface area contributed by atoms with Crippen molar-refractivity contribution in [3.05, 3.63) is 24.3 Å². The zero-order valence-electron chi connectivity index (χ0n) is 16.4. The van der Waals surface area contributed by atoms with Crippen LogP contribution in [0.1, 0.15) is 26.7 Å². The van der Waals surface area contributed by atoms with Crippen LogP contribution in [-0.2, 0) is 24.2 Å². The summed E-state index contributed by atoms with van der Waals surface area (Å²) in [6.45, 7) is 3.01. The molecule has 1 aliphatic rings. The van der Waals surface area contributed by atoms with E-state index in [2.05, 4.69) is 0 Å². The molecule has 0 unspecified atom stereocenters. The Morgan fingerprint density at radius 3 is 2.36 bits per heavy atom. The molecule has 9 heteroatoms. The molecule has 0 bridgehead atoms. The molecule has 156 valence electrons. The van der Waals surface area contributed by atoms with Crippen molar-refractivity contribution in [1.82, 2.24) is 4.90 Å². The van der Waals surface area contributed by atoms with Gasteiger partial charge in [0.25, 0.3) is 5.91 Å². The monoisotopic (exact) mass is 413 g/mol. The first-order valence-corrected chi connectivity index (χ1v) is 11.0. The lowest BCUT2D eigenvalue weighted by atomic mass is 10.1. The fourth-order valence-electron chi connectivity index (χ4n) is 3.07. The normalized spacial score (nSPS) is 18.9. The minimum atomic E-state index is -3.12. The first-order valence-electron chi connectivity index (χ1n) is 9.19. The molecule has 0 N–H and O–H groups in total. The number of ether oxygens (including phenoxy) is 3. The zero-order valence-corrected chi connectivity index (χ0v) is 17.2. The molecule has 1 aromatic rings. The van der Waals surface area contributed by atoms with Crippen molar-refractivity contribution < 1.29 is 32.2 Å². The van der Waals surface area contributed by atoms with E-state index in [-0.39, 0.29) is 30.2 Å². The van der Waals surface area contributed by atoms with Gasteiger partial charge in [0.1, 0.15) is 11.5 Å². The number of hydrogen-bond donors (Lipinski definition) is 0. The number of amides is 1. The summed E-state index contributed by atoms with van der Waals surface area (Å²) in [5.41, 5.74) is 0. The summed E-state index contributed by atoms with van der Waals surface area (Å²) in [5, 5.41) is 0. The quantitative estimate of drug-likeness (QED) is 0.565. The summed E-state index contributed by atoms with van der Waals surface area (Å²) >= 11 is 0. The van der Waals surface area contributed by atoms with Crippen LogP contribution in [0.3, 0.4) is 0 Å². The van der Waals surface area contributed by atoms with Gasteiger partial charge in [-0.3, -0.25) is 4.79 Å². The van der Waals surface area contributed by atoms with E-state index in [1.54, 1.807) is 36.3 Å². The number of hydrogen-bond acceptors (Lipinski definition) is 7. The second-order valence-corrected chi connectivity index (χ2v) is 8.97. The molecule has 28 heavy (non-hydrogen) atoms. The number of methoxy groups -OCH3 is 1. The Morgan fingerprint density at radius 1 is 1.18 bits per heavy atom. The Labute approximate surface area is 165 Å². The van der Waals surface area contributed by atoms with Gasteiger partial charge in [0, 0.05) is 12.1 Å². The van der Waals surface area contributed by atoms with E-state index in [4.69, 9.17) is 14.2 Å². The highest BCUT2D eigenvalue weighted by molar-refractivity contribution is 7.91.